The molecule has 1 heterocycles. The van der Waals surface area contributed by atoms with Gasteiger partial charge < -0.3 is 10.4 Å². The summed E-state index contributed by atoms with van der Waals surface area (Å²) in [5.41, 5.74) is 3.06. The summed E-state index contributed by atoms with van der Waals surface area (Å²) in [5.74, 6) is -0.685. The summed E-state index contributed by atoms with van der Waals surface area (Å²) in [5, 5.41) is 13.0. The lowest BCUT2D eigenvalue weighted by atomic mass is 9.73. The minimum Gasteiger partial charge on any atom is -0.481 e. The zero-order valence-corrected chi connectivity index (χ0v) is 11.2. The van der Waals surface area contributed by atoms with Gasteiger partial charge >= 0.3 is 5.97 Å². The van der Waals surface area contributed by atoms with E-state index in [2.05, 4.69) is 17.4 Å². The van der Waals surface area contributed by atoms with E-state index < -0.39 is 11.4 Å². The van der Waals surface area contributed by atoms with Gasteiger partial charge in [0.1, 0.15) is 5.41 Å². The Bertz CT molecular complexity index is 490. The van der Waals surface area contributed by atoms with E-state index in [0.29, 0.717) is 6.54 Å². The minimum atomic E-state index is -0.718. The zero-order chi connectivity index (χ0) is 13.3. The molecule has 1 aromatic rings. The van der Waals surface area contributed by atoms with Gasteiger partial charge in [0.15, 0.2) is 0 Å². The molecule has 0 saturated carbocycles. The fraction of sp³-hybridized carbons (Fsp3) is 0.562. The van der Waals surface area contributed by atoms with E-state index in [1.54, 1.807) is 0 Å². The quantitative estimate of drug-likeness (QED) is 0.856. The Morgan fingerprint density at radius 3 is 2.63 bits per heavy atom. The molecule has 1 aromatic carbocycles. The molecule has 0 aromatic heterocycles. The van der Waals surface area contributed by atoms with Crippen LogP contribution >= 0.6 is 0 Å². The predicted octanol–water partition coefficient (Wildman–Crippen LogP) is 2.27. The van der Waals surface area contributed by atoms with E-state index in [9.17, 15) is 9.90 Å². The zero-order valence-electron chi connectivity index (χ0n) is 11.2. The molecule has 1 saturated heterocycles. The first-order valence-electron chi connectivity index (χ1n) is 7.29. The molecule has 19 heavy (non-hydrogen) atoms. The topological polar surface area (TPSA) is 49.3 Å². The number of carboxylic acids is 1. The average Bonchev–Trinajstić information content (AvgIpc) is 2.47. The van der Waals surface area contributed by atoms with Gasteiger partial charge in [0.25, 0.3) is 0 Å². The number of piperidine rings is 1. The monoisotopic (exact) mass is 259 g/mol. The fourth-order valence-corrected chi connectivity index (χ4v) is 3.49. The Balaban J connectivity index is 2.01. The van der Waals surface area contributed by atoms with Crippen molar-refractivity contribution in [1.82, 2.24) is 5.32 Å². The van der Waals surface area contributed by atoms with Crippen LogP contribution < -0.4 is 5.32 Å². The number of benzene rings is 1. The Morgan fingerprint density at radius 1 is 1.16 bits per heavy atom. The first-order valence-corrected chi connectivity index (χ1v) is 7.29. The molecule has 0 radical (unpaired) electrons. The summed E-state index contributed by atoms with van der Waals surface area (Å²) >= 11 is 0. The highest BCUT2D eigenvalue weighted by molar-refractivity contribution is 5.82. The van der Waals surface area contributed by atoms with Crippen molar-refractivity contribution in [2.24, 2.45) is 0 Å². The molecule has 3 nitrogen and oxygen atoms in total. The van der Waals surface area contributed by atoms with Gasteiger partial charge in [-0.25, -0.2) is 0 Å². The molecule has 3 rings (SSSR count). The van der Waals surface area contributed by atoms with Gasteiger partial charge in [-0.05, 0) is 61.8 Å². The number of aliphatic carboxylic acids is 1. The maximum Gasteiger partial charge on any atom is 0.315 e. The molecule has 1 atom stereocenters. The second-order valence-electron chi connectivity index (χ2n) is 5.86. The summed E-state index contributed by atoms with van der Waals surface area (Å²) in [7, 11) is 0. The third kappa shape index (κ3) is 2.16. The Hall–Kier alpha value is -1.35. The first kappa shape index (κ1) is 12.7. The summed E-state index contributed by atoms with van der Waals surface area (Å²) < 4.78 is 0. The Labute approximate surface area is 114 Å². The van der Waals surface area contributed by atoms with Crippen molar-refractivity contribution in [3.8, 4) is 0 Å². The smallest absolute Gasteiger partial charge is 0.315 e. The van der Waals surface area contributed by atoms with E-state index in [0.717, 1.165) is 37.8 Å². The molecule has 2 N–H and O–H groups in total. The molecule has 1 aliphatic heterocycles. The number of hydrogen-bond donors (Lipinski definition) is 2. The normalized spacial score (nSPS) is 26.7. The van der Waals surface area contributed by atoms with Crippen molar-refractivity contribution < 1.29 is 9.90 Å². The lowest BCUT2D eigenvalue weighted by molar-refractivity contribution is -0.144. The maximum atomic E-state index is 11.8. The molecule has 0 spiro atoms. The highest BCUT2D eigenvalue weighted by Gasteiger charge is 2.41. The van der Waals surface area contributed by atoms with Gasteiger partial charge in [-0.2, -0.15) is 0 Å². The van der Waals surface area contributed by atoms with Crippen LogP contribution in [0, 0.1) is 0 Å². The molecule has 1 unspecified atom stereocenters. The Kier molecular flexibility index (Phi) is 3.31. The van der Waals surface area contributed by atoms with Crippen LogP contribution in [0.1, 0.15) is 42.4 Å². The van der Waals surface area contributed by atoms with Crippen LogP contribution in [0.25, 0.3) is 0 Å². The standard InChI is InChI=1S/C16H21NO2/c18-15(19)16(8-3-9-17-11-16)14-7-6-12-4-1-2-5-13(12)10-14/h6-7,10,17H,1-5,8-9,11H2,(H,18,19). The predicted molar refractivity (Wildman–Crippen MR) is 74.5 cm³/mol. The van der Waals surface area contributed by atoms with Crippen molar-refractivity contribution >= 4 is 5.97 Å². The number of rotatable bonds is 2. The molecule has 0 amide bonds. The average molecular weight is 259 g/mol. The van der Waals surface area contributed by atoms with Crippen molar-refractivity contribution in [3.63, 3.8) is 0 Å². The largest absolute Gasteiger partial charge is 0.481 e. The third-order valence-electron chi connectivity index (χ3n) is 4.69. The number of carbonyl (C=O) groups is 1. The van der Waals surface area contributed by atoms with Gasteiger partial charge in [0.2, 0.25) is 0 Å². The number of carboxylic acid groups (broad SMARTS) is 1. The molecule has 3 heteroatoms. The van der Waals surface area contributed by atoms with Crippen molar-refractivity contribution in [2.45, 2.75) is 43.9 Å². The van der Waals surface area contributed by atoms with Gasteiger partial charge in [-0.15, -0.1) is 0 Å². The van der Waals surface area contributed by atoms with Crippen molar-refractivity contribution in [3.05, 3.63) is 34.9 Å². The van der Waals surface area contributed by atoms with E-state index >= 15 is 0 Å². The van der Waals surface area contributed by atoms with Gasteiger partial charge in [-0.1, -0.05) is 18.2 Å². The maximum absolute atomic E-state index is 11.8. The molecule has 2 aliphatic rings. The number of fused-ring (bicyclic) bond motifs is 1. The first-order chi connectivity index (χ1) is 9.22. The van der Waals surface area contributed by atoms with Crippen LogP contribution in [0.15, 0.2) is 18.2 Å². The second-order valence-corrected chi connectivity index (χ2v) is 5.86. The molecular formula is C16H21NO2. The second kappa shape index (κ2) is 4.97. The van der Waals surface area contributed by atoms with Gasteiger partial charge in [0.05, 0.1) is 0 Å². The molecule has 102 valence electrons. The van der Waals surface area contributed by atoms with Gasteiger partial charge in [-0.3, -0.25) is 4.79 Å². The fourth-order valence-electron chi connectivity index (χ4n) is 3.49. The van der Waals surface area contributed by atoms with Crippen LogP contribution in [0.5, 0.6) is 0 Å². The molecule has 1 fully saturated rings. The van der Waals surface area contributed by atoms with Gasteiger partial charge in [0, 0.05) is 6.54 Å². The lowest BCUT2D eigenvalue weighted by Gasteiger charge is -2.35. The number of aryl methyl sites for hydroxylation is 2. The van der Waals surface area contributed by atoms with E-state index in [-0.39, 0.29) is 0 Å². The van der Waals surface area contributed by atoms with E-state index in [1.807, 2.05) is 6.07 Å². The van der Waals surface area contributed by atoms with E-state index in [1.165, 1.54) is 24.0 Å². The highest BCUT2D eigenvalue weighted by Crippen LogP contribution is 2.34. The minimum absolute atomic E-state index is 0.557. The van der Waals surface area contributed by atoms with E-state index in [4.69, 9.17) is 0 Å². The number of nitrogens with one attached hydrogen (secondary N) is 1. The highest BCUT2D eigenvalue weighted by atomic mass is 16.4. The number of hydrogen-bond acceptors (Lipinski definition) is 2. The summed E-state index contributed by atoms with van der Waals surface area (Å²) in [4.78, 5) is 11.8. The summed E-state index contributed by atoms with van der Waals surface area (Å²) in [6.45, 7) is 1.49. The van der Waals surface area contributed by atoms with Crippen LogP contribution in [-0.4, -0.2) is 24.2 Å². The molecular weight excluding hydrogens is 238 g/mol. The molecule has 0 bridgehead atoms. The lowest BCUT2D eigenvalue weighted by Crippen LogP contribution is -2.49. The Morgan fingerprint density at radius 2 is 1.95 bits per heavy atom. The van der Waals surface area contributed by atoms with Crippen LogP contribution in [0.4, 0.5) is 0 Å². The third-order valence-corrected chi connectivity index (χ3v) is 4.69. The molecule has 1 aliphatic carbocycles. The SMILES string of the molecule is O=C(O)C1(c2ccc3c(c2)CCCC3)CCCNC1. The van der Waals surface area contributed by atoms with Crippen LogP contribution in [0.3, 0.4) is 0 Å². The van der Waals surface area contributed by atoms with Crippen molar-refractivity contribution in [1.29, 1.82) is 0 Å². The summed E-state index contributed by atoms with van der Waals surface area (Å²) in [6, 6.07) is 6.37. The van der Waals surface area contributed by atoms with Crippen LogP contribution in [-0.2, 0) is 23.1 Å². The summed E-state index contributed by atoms with van der Waals surface area (Å²) in [6.07, 6.45) is 6.42. The van der Waals surface area contributed by atoms with Crippen LogP contribution in [0.2, 0.25) is 0 Å². The van der Waals surface area contributed by atoms with Crippen molar-refractivity contribution in [2.75, 3.05) is 13.1 Å².